The Labute approximate surface area is 147 Å². The van der Waals surface area contributed by atoms with E-state index in [0.29, 0.717) is 5.25 Å². The van der Waals surface area contributed by atoms with Gasteiger partial charge in [-0.15, -0.1) is 10.2 Å². The molecule has 3 aromatic rings. The fourth-order valence-electron chi connectivity index (χ4n) is 3.32. The number of nitrogens with zero attached hydrogens (tertiary/aromatic N) is 3. The van der Waals surface area contributed by atoms with Crippen LogP contribution in [0.25, 0.3) is 11.4 Å². The van der Waals surface area contributed by atoms with Gasteiger partial charge in [0.25, 0.3) is 0 Å². The summed E-state index contributed by atoms with van der Waals surface area (Å²) in [6, 6.07) is 6.43. The van der Waals surface area contributed by atoms with Gasteiger partial charge in [0.2, 0.25) is 0 Å². The lowest BCUT2D eigenvalue weighted by molar-refractivity contribution is 0.534. The Morgan fingerprint density at radius 2 is 1.75 bits per heavy atom. The van der Waals surface area contributed by atoms with Crippen molar-refractivity contribution in [3.05, 3.63) is 52.5 Å². The van der Waals surface area contributed by atoms with Crippen molar-refractivity contribution in [3.63, 3.8) is 0 Å². The Kier molecular flexibility index (Phi) is 4.54. The number of aryl methyl sites for hydroxylation is 4. The lowest BCUT2D eigenvalue weighted by Crippen LogP contribution is -2.00. The predicted molar refractivity (Wildman–Crippen MR) is 98.4 cm³/mol. The third kappa shape index (κ3) is 3.00. The first-order valence-corrected chi connectivity index (χ1v) is 8.94. The molecule has 2 heterocycles. The van der Waals surface area contributed by atoms with Crippen LogP contribution >= 0.6 is 11.8 Å². The SMILES string of the molecule is Cc1cc(C)c(C(C)Sc2nnc(-c3ccoc3C)n2C)c(C)c1. The maximum absolute atomic E-state index is 5.39. The summed E-state index contributed by atoms with van der Waals surface area (Å²) in [4.78, 5) is 0. The van der Waals surface area contributed by atoms with Crippen molar-refractivity contribution >= 4 is 11.8 Å². The zero-order valence-corrected chi connectivity index (χ0v) is 15.9. The first-order valence-electron chi connectivity index (χ1n) is 8.06. The van der Waals surface area contributed by atoms with Crippen LogP contribution in [-0.4, -0.2) is 14.8 Å². The van der Waals surface area contributed by atoms with Crippen molar-refractivity contribution in [2.24, 2.45) is 7.05 Å². The van der Waals surface area contributed by atoms with Gasteiger partial charge >= 0.3 is 0 Å². The van der Waals surface area contributed by atoms with Gasteiger partial charge in [0, 0.05) is 12.3 Å². The standard InChI is InChI=1S/C19H23N3OS/c1-11-9-12(2)17(13(3)10-11)15(5)24-19-21-20-18(22(19)6)16-7-8-23-14(16)4/h7-10,15H,1-6H3. The predicted octanol–water partition coefficient (Wildman–Crippen LogP) is 5.16. The minimum Gasteiger partial charge on any atom is -0.469 e. The summed E-state index contributed by atoms with van der Waals surface area (Å²) in [5.74, 6) is 1.70. The highest BCUT2D eigenvalue weighted by molar-refractivity contribution is 7.99. The number of furan rings is 1. The van der Waals surface area contributed by atoms with E-state index in [1.807, 2.05) is 24.6 Å². The molecule has 0 spiro atoms. The van der Waals surface area contributed by atoms with Gasteiger partial charge in [0.1, 0.15) is 5.76 Å². The Morgan fingerprint density at radius 1 is 1.08 bits per heavy atom. The average Bonchev–Trinajstić information content (AvgIpc) is 3.05. The fraction of sp³-hybridized carbons (Fsp3) is 0.368. The highest BCUT2D eigenvalue weighted by atomic mass is 32.2. The number of benzene rings is 1. The van der Waals surface area contributed by atoms with E-state index in [2.05, 4.69) is 50.0 Å². The van der Waals surface area contributed by atoms with Crippen LogP contribution in [0.1, 0.15) is 40.2 Å². The molecule has 4 nitrogen and oxygen atoms in total. The number of hydrogen-bond acceptors (Lipinski definition) is 4. The largest absolute Gasteiger partial charge is 0.469 e. The monoisotopic (exact) mass is 341 g/mol. The van der Waals surface area contributed by atoms with Gasteiger partial charge in [-0.3, -0.25) is 0 Å². The molecule has 2 aromatic heterocycles. The summed E-state index contributed by atoms with van der Waals surface area (Å²) in [5, 5.41) is 9.97. The van der Waals surface area contributed by atoms with Crippen LogP contribution in [0, 0.1) is 27.7 Å². The molecule has 3 rings (SSSR count). The van der Waals surface area contributed by atoms with Gasteiger partial charge in [-0.25, -0.2) is 0 Å². The molecule has 0 saturated heterocycles. The number of hydrogen-bond donors (Lipinski definition) is 0. The first kappa shape index (κ1) is 16.8. The Balaban J connectivity index is 1.90. The van der Waals surface area contributed by atoms with Crippen molar-refractivity contribution < 1.29 is 4.42 Å². The third-order valence-electron chi connectivity index (χ3n) is 4.36. The van der Waals surface area contributed by atoms with Crippen molar-refractivity contribution in [3.8, 4) is 11.4 Å². The molecule has 0 N–H and O–H groups in total. The lowest BCUT2D eigenvalue weighted by Gasteiger charge is -2.17. The second kappa shape index (κ2) is 6.48. The third-order valence-corrected chi connectivity index (χ3v) is 5.52. The molecule has 24 heavy (non-hydrogen) atoms. The van der Waals surface area contributed by atoms with E-state index < -0.39 is 0 Å². The molecule has 1 atom stereocenters. The number of thioether (sulfide) groups is 1. The van der Waals surface area contributed by atoms with Gasteiger partial charge in [0.05, 0.1) is 11.8 Å². The summed E-state index contributed by atoms with van der Waals surface area (Å²) in [7, 11) is 2.01. The van der Waals surface area contributed by atoms with E-state index in [1.165, 1.54) is 22.3 Å². The molecule has 0 aliphatic carbocycles. The molecule has 0 saturated carbocycles. The topological polar surface area (TPSA) is 43.9 Å². The van der Waals surface area contributed by atoms with Crippen molar-refractivity contribution in [2.75, 3.05) is 0 Å². The number of rotatable bonds is 4. The van der Waals surface area contributed by atoms with Crippen LogP contribution in [0.3, 0.4) is 0 Å². The molecular formula is C19H23N3OS. The quantitative estimate of drug-likeness (QED) is 0.615. The molecule has 126 valence electrons. The summed E-state index contributed by atoms with van der Waals surface area (Å²) in [6.07, 6.45) is 1.69. The van der Waals surface area contributed by atoms with Gasteiger partial charge in [-0.1, -0.05) is 29.5 Å². The highest BCUT2D eigenvalue weighted by Gasteiger charge is 2.19. The van der Waals surface area contributed by atoms with Crippen LogP contribution in [-0.2, 0) is 7.05 Å². The second-order valence-electron chi connectivity index (χ2n) is 6.33. The molecular weight excluding hydrogens is 318 g/mol. The summed E-state index contributed by atoms with van der Waals surface area (Å²) in [5.41, 5.74) is 6.35. The van der Waals surface area contributed by atoms with E-state index in [9.17, 15) is 0 Å². The van der Waals surface area contributed by atoms with E-state index in [4.69, 9.17) is 4.42 Å². The van der Waals surface area contributed by atoms with Crippen LogP contribution < -0.4 is 0 Å². The molecule has 0 bridgehead atoms. The molecule has 0 amide bonds. The summed E-state index contributed by atoms with van der Waals surface area (Å²) >= 11 is 1.74. The van der Waals surface area contributed by atoms with Crippen molar-refractivity contribution in [1.82, 2.24) is 14.8 Å². The Hall–Kier alpha value is -2.01. The molecule has 1 unspecified atom stereocenters. The second-order valence-corrected chi connectivity index (χ2v) is 7.64. The van der Waals surface area contributed by atoms with Crippen LogP contribution in [0.5, 0.6) is 0 Å². The first-order chi connectivity index (χ1) is 11.4. The zero-order chi connectivity index (χ0) is 17.4. The van der Waals surface area contributed by atoms with Crippen LogP contribution in [0.4, 0.5) is 0 Å². The Morgan fingerprint density at radius 3 is 2.33 bits per heavy atom. The van der Waals surface area contributed by atoms with Gasteiger partial charge < -0.3 is 8.98 Å². The maximum Gasteiger partial charge on any atom is 0.191 e. The molecule has 0 radical (unpaired) electrons. The average molecular weight is 341 g/mol. The minimum atomic E-state index is 0.312. The highest BCUT2D eigenvalue weighted by Crippen LogP contribution is 2.38. The fourth-order valence-corrected chi connectivity index (χ4v) is 4.46. The number of aromatic nitrogens is 3. The molecule has 0 aliphatic rings. The summed E-state index contributed by atoms with van der Waals surface area (Å²) in [6.45, 7) is 10.7. The summed E-state index contributed by atoms with van der Waals surface area (Å²) < 4.78 is 7.43. The smallest absolute Gasteiger partial charge is 0.191 e. The normalized spacial score (nSPS) is 12.6. The van der Waals surface area contributed by atoms with E-state index in [1.54, 1.807) is 18.0 Å². The zero-order valence-electron chi connectivity index (χ0n) is 15.0. The molecule has 5 heteroatoms. The molecule has 0 fully saturated rings. The Bertz CT molecular complexity index is 856. The lowest BCUT2D eigenvalue weighted by atomic mass is 9.98. The van der Waals surface area contributed by atoms with E-state index >= 15 is 0 Å². The van der Waals surface area contributed by atoms with Crippen molar-refractivity contribution in [2.45, 2.75) is 45.0 Å². The van der Waals surface area contributed by atoms with Gasteiger partial charge in [-0.2, -0.15) is 0 Å². The molecule has 0 aliphatic heterocycles. The van der Waals surface area contributed by atoms with Crippen LogP contribution in [0.2, 0.25) is 0 Å². The van der Waals surface area contributed by atoms with E-state index in [0.717, 1.165) is 22.3 Å². The maximum atomic E-state index is 5.39. The van der Waals surface area contributed by atoms with Gasteiger partial charge in [-0.05, 0) is 57.4 Å². The van der Waals surface area contributed by atoms with E-state index in [-0.39, 0.29) is 0 Å². The molecule has 1 aromatic carbocycles. The van der Waals surface area contributed by atoms with Gasteiger partial charge in [0.15, 0.2) is 11.0 Å². The van der Waals surface area contributed by atoms with Crippen molar-refractivity contribution in [1.29, 1.82) is 0 Å². The van der Waals surface area contributed by atoms with Crippen LogP contribution in [0.15, 0.2) is 34.0 Å². The minimum absolute atomic E-state index is 0.312.